The maximum atomic E-state index is 12.7. The van der Waals surface area contributed by atoms with Crippen LogP contribution in [0.4, 0.5) is 8.78 Å². The first-order valence-electron chi connectivity index (χ1n) is 7.31. The maximum Gasteiger partial charge on any atom is 0.319 e. The Bertz CT molecular complexity index is 463. The molecule has 118 valence electrons. The molecular weight excluding hydrogens is 280 g/mol. The molecule has 1 N–H and O–H groups in total. The van der Waals surface area contributed by atoms with E-state index < -0.39 is 6.55 Å². The summed E-state index contributed by atoms with van der Waals surface area (Å²) < 4.78 is 31.7. The lowest BCUT2D eigenvalue weighted by Crippen LogP contribution is -2.37. The lowest BCUT2D eigenvalue weighted by Gasteiger charge is -2.28. The van der Waals surface area contributed by atoms with Crippen molar-refractivity contribution >= 4 is 5.91 Å². The minimum Gasteiger partial charge on any atom is -0.378 e. The highest BCUT2D eigenvalue weighted by Crippen LogP contribution is 2.23. The van der Waals surface area contributed by atoms with Gasteiger partial charge in [0.15, 0.2) is 0 Å². The molecule has 0 spiro atoms. The number of ether oxygens (including phenoxy) is 1. The molecule has 0 aromatic carbocycles. The fourth-order valence-corrected chi connectivity index (χ4v) is 2.61. The van der Waals surface area contributed by atoms with Gasteiger partial charge in [-0.25, -0.2) is 4.98 Å². The zero-order valence-corrected chi connectivity index (χ0v) is 12.1. The number of rotatable bonds is 6. The number of halogens is 2. The molecule has 1 aromatic heterocycles. The molecule has 7 heteroatoms. The second-order valence-corrected chi connectivity index (χ2v) is 5.25. The molecular formula is C14H21F2N3O2. The molecule has 0 radical (unpaired) electrons. The fourth-order valence-electron chi connectivity index (χ4n) is 2.61. The summed E-state index contributed by atoms with van der Waals surface area (Å²) in [6, 6.07) is 0. The van der Waals surface area contributed by atoms with Gasteiger partial charge in [-0.2, -0.15) is 8.78 Å². The van der Waals surface area contributed by atoms with Crippen LogP contribution in [0.1, 0.15) is 45.0 Å². The highest BCUT2D eigenvalue weighted by Gasteiger charge is 2.27. The average Bonchev–Trinajstić information content (AvgIpc) is 2.94. The van der Waals surface area contributed by atoms with E-state index in [1.54, 1.807) is 0 Å². The second-order valence-electron chi connectivity index (χ2n) is 5.25. The first kappa shape index (κ1) is 15.9. The van der Waals surface area contributed by atoms with Crippen LogP contribution in [0.25, 0.3) is 0 Å². The van der Waals surface area contributed by atoms with Gasteiger partial charge in [0.05, 0.1) is 12.6 Å². The van der Waals surface area contributed by atoms with Crippen molar-refractivity contribution in [3.8, 4) is 0 Å². The third-order valence-corrected chi connectivity index (χ3v) is 3.73. The van der Waals surface area contributed by atoms with Gasteiger partial charge in [0, 0.05) is 24.9 Å². The van der Waals surface area contributed by atoms with Gasteiger partial charge in [0.1, 0.15) is 5.82 Å². The largest absolute Gasteiger partial charge is 0.378 e. The molecule has 0 bridgehead atoms. The van der Waals surface area contributed by atoms with E-state index in [2.05, 4.69) is 17.2 Å². The van der Waals surface area contributed by atoms with Crippen molar-refractivity contribution in [1.82, 2.24) is 14.9 Å². The van der Waals surface area contributed by atoms with Gasteiger partial charge in [0.25, 0.3) is 0 Å². The van der Waals surface area contributed by atoms with Crippen LogP contribution in [-0.2, 0) is 16.1 Å². The van der Waals surface area contributed by atoms with Crippen molar-refractivity contribution in [2.45, 2.75) is 51.8 Å². The predicted molar refractivity (Wildman–Crippen MR) is 72.7 cm³/mol. The number of nitrogens with zero attached hydrogens (tertiary/aromatic N) is 2. The summed E-state index contributed by atoms with van der Waals surface area (Å²) in [5, 5.41) is 2.70. The topological polar surface area (TPSA) is 56.2 Å². The Morgan fingerprint density at radius 2 is 2.43 bits per heavy atom. The van der Waals surface area contributed by atoms with Gasteiger partial charge in [0.2, 0.25) is 5.91 Å². The van der Waals surface area contributed by atoms with Crippen molar-refractivity contribution in [3.05, 3.63) is 18.2 Å². The van der Waals surface area contributed by atoms with Crippen LogP contribution in [0, 0.1) is 5.92 Å². The van der Waals surface area contributed by atoms with Crippen molar-refractivity contribution in [1.29, 1.82) is 0 Å². The minimum atomic E-state index is -2.64. The van der Waals surface area contributed by atoms with Crippen LogP contribution in [0.15, 0.2) is 12.4 Å². The lowest BCUT2D eigenvalue weighted by atomic mass is 9.93. The van der Waals surface area contributed by atoms with E-state index in [0.29, 0.717) is 19.4 Å². The molecule has 1 fully saturated rings. The zero-order valence-electron chi connectivity index (χ0n) is 12.1. The van der Waals surface area contributed by atoms with E-state index in [0.717, 1.165) is 17.4 Å². The molecule has 21 heavy (non-hydrogen) atoms. The van der Waals surface area contributed by atoms with Gasteiger partial charge < -0.3 is 10.1 Å². The Kier molecular flexibility index (Phi) is 5.67. The standard InChI is InChI=1S/C14H21F2N3O2/c1-2-3-11-8-10(4-7-21-11)13(20)18-9-12-17-5-6-19(12)14(15)16/h5-6,10-11,14H,2-4,7-9H2,1H3,(H,18,20). The third-order valence-electron chi connectivity index (χ3n) is 3.73. The fraction of sp³-hybridized carbons (Fsp3) is 0.714. The van der Waals surface area contributed by atoms with Crippen molar-refractivity contribution in [3.63, 3.8) is 0 Å². The van der Waals surface area contributed by atoms with Crippen LogP contribution < -0.4 is 5.32 Å². The van der Waals surface area contributed by atoms with Crippen molar-refractivity contribution < 1.29 is 18.3 Å². The van der Waals surface area contributed by atoms with Gasteiger partial charge >= 0.3 is 6.55 Å². The second kappa shape index (κ2) is 7.49. The van der Waals surface area contributed by atoms with Gasteiger partial charge in [-0.3, -0.25) is 9.36 Å². The van der Waals surface area contributed by atoms with Crippen molar-refractivity contribution in [2.24, 2.45) is 5.92 Å². The Morgan fingerprint density at radius 3 is 3.14 bits per heavy atom. The molecule has 1 amide bonds. The molecule has 2 atom stereocenters. The summed E-state index contributed by atoms with van der Waals surface area (Å²) in [4.78, 5) is 16.0. The minimum absolute atomic E-state index is 0.0198. The van der Waals surface area contributed by atoms with E-state index in [1.165, 1.54) is 12.4 Å². The summed E-state index contributed by atoms with van der Waals surface area (Å²) in [5.41, 5.74) is 0. The summed E-state index contributed by atoms with van der Waals surface area (Å²) in [6.45, 7) is 0.0360. The zero-order chi connectivity index (χ0) is 15.2. The van der Waals surface area contributed by atoms with E-state index in [-0.39, 0.29) is 30.3 Å². The average molecular weight is 301 g/mol. The Morgan fingerprint density at radius 1 is 1.62 bits per heavy atom. The molecule has 1 aromatic rings. The molecule has 2 rings (SSSR count). The molecule has 2 unspecified atom stereocenters. The quantitative estimate of drug-likeness (QED) is 0.878. The molecule has 2 heterocycles. The Labute approximate surface area is 122 Å². The van der Waals surface area contributed by atoms with Crippen LogP contribution in [-0.4, -0.2) is 28.2 Å². The maximum absolute atomic E-state index is 12.7. The number of hydrogen-bond acceptors (Lipinski definition) is 3. The number of hydrogen-bond donors (Lipinski definition) is 1. The summed E-state index contributed by atoms with van der Waals surface area (Å²) in [5.74, 6) is -0.0519. The number of nitrogens with one attached hydrogen (secondary N) is 1. The highest BCUT2D eigenvalue weighted by molar-refractivity contribution is 5.78. The first-order valence-corrected chi connectivity index (χ1v) is 7.31. The highest BCUT2D eigenvalue weighted by atomic mass is 19.3. The summed E-state index contributed by atoms with van der Waals surface area (Å²) >= 11 is 0. The van der Waals surface area contributed by atoms with E-state index in [4.69, 9.17) is 4.74 Å². The van der Waals surface area contributed by atoms with Crippen LogP contribution in [0.3, 0.4) is 0 Å². The van der Waals surface area contributed by atoms with E-state index in [1.807, 2.05) is 0 Å². The molecule has 1 aliphatic heterocycles. The van der Waals surface area contributed by atoms with Gasteiger partial charge in [-0.05, 0) is 19.3 Å². The molecule has 0 saturated carbocycles. The number of imidazole rings is 1. The SMILES string of the molecule is CCCC1CC(C(=O)NCc2nccn2C(F)F)CCO1. The van der Waals surface area contributed by atoms with Crippen molar-refractivity contribution in [2.75, 3.05) is 6.61 Å². The van der Waals surface area contributed by atoms with Gasteiger partial charge in [-0.1, -0.05) is 13.3 Å². The van der Waals surface area contributed by atoms with Crippen LogP contribution >= 0.6 is 0 Å². The summed E-state index contributed by atoms with van der Waals surface area (Å²) in [6.07, 6.45) is 5.97. The number of carbonyl (C=O) groups excluding carboxylic acids is 1. The number of aromatic nitrogens is 2. The number of amides is 1. The van der Waals surface area contributed by atoms with E-state index >= 15 is 0 Å². The van der Waals surface area contributed by atoms with Crippen LogP contribution in [0.2, 0.25) is 0 Å². The monoisotopic (exact) mass is 301 g/mol. The van der Waals surface area contributed by atoms with Crippen LogP contribution in [0.5, 0.6) is 0 Å². The molecule has 1 aliphatic rings. The smallest absolute Gasteiger partial charge is 0.319 e. The Balaban J connectivity index is 1.85. The van der Waals surface area contributed by atoms with Gasteiger partial charge in [-0.15, -0.1) is 0 Å². The Hall–Kier alpha value is -1.50. The molecule has 0 aliphatic carbocycles. The third kappa shape index (κ3) is 4.23. The number of alkyl halides is 2. The summed E-state index contributed by atoms with van der Waals surface area (Å²) in [7, 11) is 0. The normalized spacial score (nSPS) is 22.5. The molecule has 1 saturated heterocycles. The first-order chi connectivity index (χ1) is 10.1. The molecule has 5 nitrogen and oxygen atoms in total. The van der Waals surface area contributed by atoms with E-state index in [9.17, 15) is 13.6 Å². The lowest BCUT2D eigenvalue weighted by molar-refractivity contribution is -0.130. The predicted octanol–water partition coefficient (Wildman–Crippen LogP) is 2.49. The number of carbonyl (C=O) groups is 1.